The normalized spacial score (nSPS) is 14.3. The molecule has 0 aliphatic heterocycles. The first-order valence-electron chi connectivity index (χ1n) is 7.65. The summed E-state index contributed by atoms with van der Waals surface area (Å²) in [4.78, 5) is 4.59. The first kappa shape index (κ1) is 13.4. The fraction of sp³-hybridized carbons (Fsp3) is 0.471. The van der Waals surface area contributed by atoms with Gasteiger partial charge in [-0.3, -0.25) is 0 Å². The van der Waals surface area contributed by atoms with Gasteiger partial charge in [0.1, 0.15) is 0 Å². The fourth-order valence-corrected chi connectivity index (χ4v) is 2.98. The van der Waals surface area contributed by atoms with Crippen molar-refractivity contribution < 1.29 is 0 Å². The molecule has 1 heterocycles. The van der Waals surface area contributed by atoms with Gasteiger partial charge in [0.15, 0.2) is 0 Å². The van der Waals surface area contributed by atoms with E-state index in [1.807, 2.05) is 6.33 Å². The van der Waals surface area contributed by atoms with E-state index in [-0.39, 0.29) is 0 Å². The highest BCUT2D eigenvalue weighted by molar-refractivity contribution is 5.42. The van der Waals surface area contributed by atoms with Crippen LogP contribution in [-0.4, -0.2) is 16.1 Å². The standard InChI is InChI=1S/C17H23N3/c1-3-18-11-14-8-9-15(10-13(14)2)20-12-19-16-6-4-5-7-17(16)20/h8-10,12,18H,3-7,11H2,1-2H3. The molecule has 0 amide bonds. The van der Waals surface area contributed by atoms with E-state index in [1.165, 1.54) is 41.0 Å². The van der Waals surface area contributed by atoms with Crippen molar-refractivity contribution in [3.05, 3.63) is 47.0 Å². The summed E-state index contributed by atoms with van der Waals surface area (Å²) in [6.45, 7) is 6.29. The minimum atomic E-state index is 0.949. The van der Waals surface area contributed by atoms with E-state index in [9.17, 15) is 0 Å². The third-order valence-electron chi connectivity index (χ3n) is 4.20. The molecule has 2 aromatic rings. The lowest BCUT2D eigenvalue weighted by Crippen LogP contribution is -2.13. The number of hydrogen-bond acceptors (Lipinski definition) is 2. The minimum Gasteiger partial charge on any atom is -0.313 e. The number of rotatable bonds is 4. The molecule has 0 atom stereocenters. The maximum Gasteiger partial charge on any atom is 0.0997 e. The molecule has 3 rings (SSSR count). The largest absolute Gasteiger partial charge is 0.313 e. The van der Waals surface area contributed by atoms with Crippen molar-refractivity contribution in [1.29, 1.82) is 0 Å². The van der Waals surface area contributed by atoms with Crippen molar-refractivity contribution in [3.8, 4) is 5.69 Å². The maximum absolute atomic E-state index is 4.59. The van der Waals surface area contributed by atoms with E-state index < -0.39 is 0 Å². The zero-order valence-electron chi connectivity index (χ0n) is 12.4. The molecule has 0 saturated carbocycles. The summed E-state index contributed by atoms with van der Waals surface area (Å²) in [6, 6.07) is 6.74. The second-order valence-electron chi connectivity index (χ2n) is 5.61. The van der Waals surface area contributed by atoms with Gasteiger partial charge >= 0.3 is 0 Å². The molecule has 0 spiro atoms. The van der Waals surface area contributed by atoms with Crippen LogP contribution in [0.3, 0.4) is 0 Å². The molecule has 3 nitrogen and oxygen atoms in total. The monoisotopic (exact) mass is 269 g/mol. The Balaban J connectivity index is 1.91. The molecule has 1 aliphatic carbocycles. The number of aryl methyl sites for hydroxylation is 2. The van der Waals surface area contributed by atoms with Crippen LogP contribution in [0.15, 0.2) is 24.5 Å². The molecule has 1 aromatic heterocycles. The molecule has 106 valence electrons. The molecule has 1 aliphatic rings. The third-order valence-corrected chi connectivity index (χ3v) is 4.20. The molecular formula is C17H23N3. The summed E-state index contributed by atoms with van der Waals surface area (Å²) in [5, 5.41) is 3.39. The van der Waals surface area contributed by atoms with E-state index in [1.54, 1.807) is 0 Å². The molecule has 20 heavy (non-hydrogen) atoms. The summed E-state index contributed by atoms with van der Waals surface area (Å²) >= 11 is 0. The highest BCUT2D eigenvalue weighted by atomic mass is 15.1. The topological polar surface area (TPSA) is 29.9 Å². The molecule has 3 heteroatoms. The van der Waals surface area contributed by atoms with Gasteiger partial charge in [-0.25, -0.2) is 4.98 Å². The number of aromatic nitrogens is 2. The highest BCUT2D eigenvalue weighted by Crippen LogP contribution is 2.24. The van der Waals surface area contributed by atoms with Gasteiger partial charge in [-0.05, 0) is 62.4 Å². The van der Waals surface area contributed by atoms with Crippen molar-refractivity contribution >= 4 is 0 Å². The van der Waals surface area contributed by atoms with E-state index in [2.05, 4.69) is 46.9 Å². The van der Waals surface area contributed by atoms with Gasteiger partial charge in [0.2, 0.25) is 0 Å². The van der Waals surface area contributed by atoms with Crippen LogP contribution >= 0.6 is 0 Å². The van der Waals surface area contributed by atoms with Gasteiger partial charge in [0.05, 0.1) is 12.0 Å². The Morgan fingerprint density at radius 1 is 1.25 bits per heavy atom. The van der Waals surface area contributed by atoms with E-state index in [4.69, 9.17) is 0 Å². The van der Waals surface area contributed by atoms with E-state index in [0.29, 0.717) is 0 Å². The van der Waals surface area contributed by atoms with E-state index >= 15 is 0 Å². The summed E-state index contributed by atoms with van der Waals surface area (Å²) in [6.07, 6.45) is 6.86. The Kier molecular flexibility index (Phi) is 3.88. The Morgan fingerprint density at radius 2 is 2.10 bits per heavy atom. The van der Waals surface area contributed by atoms with Crippen molar-refractivity contribution in [1.82, 2.24) is 14.9 Å². The summed E-state index contributed by atoms with van der Waals surface area (Å²) < 4.78 is 2.28. The van der Waals surface area contributed by atoms with Crippen LogP contribution in [0.2, 0.25) is 0 Å². The quantitative estimate of drug-likeness (QED) is 0.924. The number of imidazole rings is 1. The number of nitrogens with zero attached hydrogens (tertiary/aromatic N) is 2. The molecule has 0 unspecified atom stereocenters. The SMILES string of the molecule is CCNCc1ccc(-n2cnc3c2CCCC3)cc1C. The predicted molar refractivity (Wildman–Crippen MR) is 82.3 cm³/mol. The summed E-state index contributed by atoms with van der Waals surface area (Å²) in [5.74, 6) is 0. The number of fused-ring (bicyclic) bond motifs is 1. The first-order chi connectivity index (χ1) is 9.79. The average molecular weight is 269 g/mol. The average Bonchev–Trinajstić information content (AvgIpc) is 2.90. The van der Waals surface area contributed by atoms with Crippen LogP contribution in [0.4, 0.5) is 0 Å². The van der Waals surface area contributed by atoms with Crippen molar-refractivity contribution in [2.24, 2.45) is 0 Å². The van der Waals surface area contributed by atoms with Gasteiger partial charge in [-0.2, -0.15) is 0 Å². The van der Waals surface area contributed by atoms with Gasteiger partial charge in [0.25, 0.3) is 0 Å². The molecule has 0 bridgehead atoms. The zero-order chi connectivity index (χ0) is 13.9. The molecule has 0 radical (unpaired) electrons. The lowest BCUT2D eigenvalue weighted by molar-refractivity contribution is 0.656. The Labute approximate surface area is 121 Å². The summed E-state index contributed by atoms with van der Waals surface area (Å²) in [7, 11) is 0. The lowest BCUT2D eigenvalue weighted by atomic mass is 10.0. The molecule has 1 N–H and O–H groups in total. The Morgan fingerprint density at radius 3 is 2.90 bits per heavy atom. The molecule has 0 saturated heterocycles. The van der Waals surface area contributed by atoms with Crippen molar-refractivity contribution in [2.45, 2.75) is 46.1 Å². The second-order valence-corrected chi connectivity index (χ2v) is 5.61. The van der Waals surface area contributed by atoms with Crippen LogP contribution in [0.5, 0.6) is 0 Å². The molecule has 0 fully saturated rings. The zero-order valence-corrected chi connectivity index (χ0v) is 12.4. The van der Waals surface area contributed by atoms with Crippen LogP contribution in [0.1, 0.15) is 42.3 Å². The predicted octanol–water partition coefficient (Wildman–Crippen LogP) is 3.17. The Bertz CT molecular complexity index is 598. The maximum atomic E-state index is 4.59. The smallest absolute Gasteiger partial charge is 0.0997 e. The van der Waals surface area contributed by atoms with Crippen LogP contribution in [-0.2, 0) is 19.4 Å². The van der Waals surface area contributed by atoms with E-state index in [0.717, 1.165) is 25.9 Å². The number of hydrogen-bond donors (Lipinski definition) is 1. The minimum absolute atomic E-state index is 0.949. The van der Waals surface area contributed by atoms with Crippen LogP contribution in [0.25, 0.3) is 5.69 Å². The fourth-order valence-electron chi connectivity index (χ4n) is 2.98. The van der Waals surface area contributed by atoms with Crippen molar-refractivity contribution in [2.75, 3.05) is 6.54 Å². The Hall–Kier alpha value is -1.61. The lowest BCUT2D eigenvalue weighted by Gasteiger charge is -2.15. The highest BCUT2D eigenvalue weighted by Gasteiger charge is 2.16. The van der Waals surface area contributed by atoms with Gasteiger partial charge in [0, 0.05) is 17.9 Å². The molecule has 1 aromatic carbocycles. The molecular weight excluding hydrogens is 246 g/mol. The van der Waals surface area contributed by atoms with Crippen LogP contribution < -0.4 is 5.32 Å². The van der Waals surface area contributed by atoms with Gasteiger partial charge in [-0.15, -0.1) is 0 Å². The third kappa shape index (κ3) is 2.50. The van der Waals surface area contributed by atoms with Gasteiger partial charge in [-0.1, -0.05) is 13.0 Å². The first-order valence-corrected chi connectivity index (χ1v) is 7.65. The number of benzene rings is 1. The van der Waals surface area contributed by atoms with Crippen LogP contribution in [0, 0.1) is 6.92 Å². The van der Waals surface area contributed by atoms with Gasteiger partial charge < -0.3 is 9.88 Å². The number of nitrogens with one attached hydrogen (secondary N) is 1. The summed E-state index contributed by atoms with van der Waals surface area (Å²) in [5.41, 5.74) is 6.69. The van der Waals surface area contributed by atoms with Crippen molar-refractivity contribution in [3.63, 3.8) is 0 Å². The second kappa shape index (κ2) is 5.80.